The van der Waals surface area contributed by atoms with Gasteiger partial charge in [0.15, 0.2) is 11.6 Å². The maximum absolute atomic E-state index is 13.7. The number of nitrogens with zero attached hydrogens (tertiary/aromatic N) is 3. The van der Waals surface area contributed by atoms with Gasteiger partial charge in [-0.2, -0.15) is 4.98 Å². The van der Waals surface area contributed by atoms with Crippen LogP contribution in [0.15, 0.2) is 24.3 Å². The molecule has 0 radical (unpaired) electrons. The van der Waals surface area contributed by atoms with Gasteiger partial charge in [-0.25, -0.2) is 22.5 Å². The fourth-order valence-electron chi connectivity index (χ4n) is 3.83. The monoisotopic (exact) mass is 422 g/mol. The summed E-state index contributed by atoms with van der Waals surface area (Å²) in [6, 6.07) is 5.94. The molecular formula is C20H18F4N4S. The van der Waals surface area contributed by atoms with E-state index in [2.05, 4.69) is 15.3 Å². The van der Waals surface area contributed by atoms with Crippen LogP contribution >= 0.6 is 11.3 Å². The van der Waals surface area contributed by atoms with Gasteiger partial charge in [0, 0.05) is 29.8 Å². The molecule has 1 aromatic carbocycles. The standard InChI is InChI=1S/C20H18F4N4S/c1-10-6-13-17(25-16-8-12(16)11-2-3-14(21)15(22)7-11)26-19(27-18(13)29-10)28-5-4-20(23,24)9-28/h2-3,6-7,12,16H,4-5,8-9H2,1H3,(H,25,26,27)/t12-,16+/m0/s1. The van der Waals surface area contributed by atoms with Gasteiger partial charge >= 0.3 is 0 Å². The summed E-state index contributed by atoms with van der Waals surface area (Å²) in [5, 5.41) is 4.21. The van der Waals surface area contributed by atoms with Gasteiger partial charge in [-0.1, -0.05) is 6.07 Å². The summed E-state index contributed by atoms with van der Waals surface area (Å²) < 4.78 is 54.0. The van der Waals surface area contributed by atoms with Crippen molar-refractivity contribution in [2.24, 2.45) is 0 Å². The molecule has 1 aliphatic heterocycles. The van der Waals surface area contributed by atoms with Crippen molar-refractivity contribution in [2.75, 3.05) is 23.3 Å². The average Bonchev–Trinajstić information content (AvgIpc) is 3.16. The molecule has 152 valence electrons. The van der Waals surface area contributed by atoms with Gasteiger partial charge < -0.3 is 10.2 Å². The molecule has 29 heavy (non-hydrogen) atoms. The van der Waals surface area contributed by atoms with Crippen molar-refractivity contribution in [3.8, 4) is 0 Å². The Kier molecular flexibility index (Phi) is 4.20. The van der Waals surface area contributed by atoms with Crippen LogP contribution in [0.5, 0.6) is 0 Å². The summed E-state index contributed by atoms with van der Waals surface area (Å²) in [6.07, 6.45) is 0.554. The first-order chi connectivity index (χ1) is 13.8. The van der Waals surface area contributed by atoms with Crippen LogP contribution in [0.1, 0.15) is 29.2 Å². The van der Waals surface area contributed by atoms with E-state index in [-0.39, 0.29) is 31.5 Å². The Morgan fingerprint density at radius 1 is 1.17 bits per heavy atom. The molecule has 1 N–H and O–H groups in total. The second-order valence-electron chi connectivity index (χ2n) is 7.74. The highest BCUT2D eigenvalue weighted by Crippen LogP contribution is 2.44. The quantitative estimate of drug-likeness (QED) is 0.595. The molecule has 2 fully saturated rings. The van der Waals surface area contributed by atoms with Crippen molar-refractivity contribution in [3.05, 3.63) is 46.3 Å². The molecule has 2 aromatic heterocycles. The molecule has 2 aliphatic rings. The van der Waals surface area contributed by atoms with E-state index in [4.69, 9.17) is 0 Å². The Labute approximate surface area is 168 Å². The zero-order valence-electron chi connectivity index (χ0n) is 15.6. The Morgan fingerprint density at radius 3 is 2.72 bits per heavy atom. The lowest BCUT2D eigenvalue weighted by molar-refractivity contribution is 0.0256. The van der Waals surface area contributed by atoms with Crippen molar-refractivity contribution in [1.82, 2.24) is 9.97 Å². The van der Waals surface area contributed by atoms with E-state index < -0.39 is 17.6 Å². The number of hydrogen-bond donors (Lipinski definition) is 1. The first-order valence-electron chi connectivity index (χ1n) is 9.41. The second-order valence-corrected chi connectivity index (χ2v) is 8.98. The first-order valence-corrected chi connectivity index (χ1v) is 10.2. The number of fused-ring (bicyclic) bond motifs is 1. The number of anilines is 2. The summed E-state index contributed by atoms with van der Waals surface area (Å²) in [5.41, 5.74) is 0.729. The number of thiophene rings is 1. The zero-order valence-corrected chi connectivity index (χ0v) is 16.4. The van der Waals surface area contributed by atoms with Crippen molar-refractivity contribution in [2.45, 2.75) is 37.6 Å². The van der Waals surface area contributed by atoms with E-state index in [0.29, 0.717) is 11.8 Å². The lowest BCUT2D eigenvalue weighted by Gasteiger charge is -2.17. The molecule has 4 nitrogen and oxygen atoms in total. The molecule has 0 amide bonds. The van der Waals surface area contributed by atoms with Gasteiger partial charge in [0.2, 0.25) is 5.95 Å². The number of hydrogen-bond acceptors (Lipinski definition) is 5. The molecular weight excluding hydrogens is 404 g/mol. The summed E-state index contributed by atoms with van der Waals surface area (Å²) in [6.45, 7) is 1.79. The lowest BCUT2D eigenvalue weighted by Crippen LogP contribution is -2.26. The average molecular weight is 422 g/mol. The molecule has 3 heterocycles. The van der Waals surface area contributed by atoms with Gasteiger partial charge in [-0.3, -0.25) is 0 Å². The highest BCUT2D eigenvalue weighted by molar-refractivity contribution is 7.18. The molecule has 9 heteroatoms. The number of benzene rings is 1. The van der Waals surface area contributed by atoms with Crippen LogP contribution < -0.4 is 10.2 Å². The minimum atomic E-state index is -2.73. The molecule has 5 rings (SSSR count). The summed E-state index contributed by atoms with van der Waals surface area (Å²) >= 11 is 1.49. The van der Waals surface area contributed by atoms with Crippen LogP contribution in [0.3, 0.4) is 0 Å². The van der Waals surface area contributed by atoms with Gasteiger partial charge in [-0.15, -0.1) is 11.3 Å². The van der Waals surface area contributed by atoms with Crippen LogP contribution in [0.25, 0.3) is 10.2 Å². The smallest absolute Gasteiger partial charge is 0.267 e. The topological polar surface area (TPSA) is 41.1 Å². The fourth-order valence-corrected chi connectivity index (χ4v) is 4.70. The van der Waals surface area contributed by atoms with Gasteiger partial charge in [-0.05, 0) is 37.1 Å². The van der Waals surface area contributed by atoms with E-state index in [1.165, 1.54) is 22.3 Å². The predicted molar refractivity (Wildman–Crippen MR) is 105 cm³/mol. The van der Waals surface area contributed by atoms with E-state index >= 15 is 0 Å². The molecule has 0 unspecified atom stereocenters. The van der Waals surface area contributed by atoms with Crippen LogP contribution in [-0.2, 0) is 0 Å². The minimum absolute atomic E-state index is 0.0195. The fraction of sp³-hybridized carbons (Fsp3) is 0.400. The number of halogens is 4. The summed E-state index contributed by atoms with van der Waals surface area (Å²) in [7, 11) is 0. The maximum Gasteiger partial charge on any atom is 0.267 e. The SMILES string of the molecule is Cc1cc2c(N[C@@H]3C[C@H]3c3ccc(F)c(F)c3)nc(N3CCC(F)(F)C3)nc2s1. The van der Waals surface area contributed by atoms with Crippen molar-refractivity contribution in [3.63, 3.8) is 0 Å². The number of aromatic nitrogens is 2. The van der Waals surface area contributed by atoms with Gasteiger partial charge in [0.25, 0.3) is 5.92 Å². The van der Waals surface area contributed by atoms with E-state index in [9.17, 15) is 17.6 Å². The van der Waals surface area contributed by atoms with Crippen molar-refractivity contribution < 1.29 is 17.6 Å². The Bertz CT molecular complexity index is 1100. The number of alkyl halides is 2. The molecule has 0 bridgehead atoms. The molecule has 1 saturated heterocycles. The van der Waals surface area contributed by atoms with Crippen LogP contribution in [0.4, 0.5) is 29.3 Å². The zero-order chi connectivity index (χ0) is 20.3. The molecule has 2 atom stereocenters. The van der Waals surface area contributed by atoms with Gasteiger partial charge in [0.05, 0.1) is 11.9 Å². The third kappa shape index (κ3) is 3.52. The van der Waals surface area contributed by atoms with Gasteiger partial charge in [0.1, 0.15) is 10.6 Å². The first kappa shape index (κ1) is 18.6. The molecule has 1 aliphatic carbocycles. The van der Waals surface area contributed by atoms with Crippen LogP contribution in [-0.4, -0.2) is 35.0 Å². The van der Waals surface area contributed by atoms with Crippen LogP contribution in [0.2, 0.25) is 0 Å². The highest BCUT2D eigenvalue weighted by Gasteiger charge is 2.41. The van der Waals surface area contributed by atoms with Crippen LogP contribution in [0, 0.1) is 18.6 Å². The molecule has 1 saturated carbocycles. The van der Waals surface area contributed by atoms with Crippen molar-refractivity contribution >= 4 is 33.3 Å². The number of nitrogens with one attached hydrogen (secondary N) is 1. The largest absolute Gasteiger partial charge is 0.366 e. The minimum Gasteiger partial charge on any atom is -0.366 e. The number of rotatable bonds is 4. The Morgan fingerprint density at radius 2 is 2.00 bits per heavy atom. The highest BCUT2D eigenvalue weighted by atomic mass is 32.1. The molecule has 3 aromatic rings. The van der Waals surface area contributed by atoms with Crippen molar-refractivity contribution in [1.29, 1.82) is 0 Å². The predicted octanol–water partition coefficient (Wildman–Crippen LogP) is 5.09. The second kappa shape index (κ2) is 6.55. The van der Waals surface area contributed by atoms with E-state index in [1.54, 1.807) is 6.07 Å². The third-order valence-corrected chi connectivity index (χ3v) is 6.39. The van der Waals surface area contributed by atoms with E-state index in [0.717, 1.165) is 33.1 Å². The van der Waals surface area contributed by atoms with E-state index in [1.807, 2.05) is 13.0 Å². The Hall–Kier alpha value is -2.42. The summed E-state index contributed by atoms with van der Waals surface area (Å²) in [5.74, 6) is -3.51. The molecule has 0 spiro atoms. The summed E-state index contributed by atoms with van der Waals surface area (Å²) in [4.78, 5) is 12.4. The third-order valence-electron chi connectivity index (χ3n) is 5.44. The normalized spacial score (nSPS) is 23.0. The maximum atomic E-state index is 13.7. The number of aryl methyl sites for hydroxylation is 1. The lowest BCUT2D eigenvalue weighted by atomic mass is 10.1. The Balaban J connectivity index is 1.43.